The fourth-order valence-electron chi connectivity index (χ4n) is 3.27. The Morgan fingerprint density at radius 3 is 2.41 bits per heavy atom. The van der Waals surface area contributed by atoms with Crippen molar-refractivity contribution in [2.24, 2.45) is 5.11 Å². The van der Waals surface area contributed by atoms with E-state index in [0.29, 0.717) is 13.1 Å². The minimum Gasteiger partial charge on any atom is -0.497 e. The molecule has 27 heavy (non-hydrogen) atoms. The van der Waals surface area contributed by atoms with Crippen LogP contribution in [0, 0.1) is 0 Å². The predicted molar refractivity (Wildman–Crippen MR) is 101 cm³/mol. The van der Waals surface area contributed by atoms with Crippen LogP contribution in [-0.4, -0.2) is 47.9 Å². The van der Waals surface area contributed by atoms with E-state index in [1.807, 2.05) is 53.4 Å². The first kappa shape index (κ1) is 17.7. The molecule has 0 radical (unpaired) electrons. The number of carbonyl (C=O) groups excluding carboxylic acids is 2. The summed E-state index contributed by atoms with van der Waals surface area (Å²) in [6, 6.07) is 15.2. The smallest absolute Gasteiger partial charge is 0.497 e. The van der Waals surface area contributed by atoms with Gasteiger partial charge in [-0.3, -0.25) is 9.69 Å². The monoisotopic (exact) mass is 429 g/mol. The van der Waals surface area contributed by atoms with E-state index in [-0.39, 0.29) is 6.54 Å². The lowest BCUT2D eigenvalue weighted by Crippen LogP contribution is -2.51. The number of anilines is 1. The fourth-order valence-corrected chi connectivity index (χ4v) is 3.53. The summed E-state index contributed by atoms with van der Waals surface area (Å²) >= 11 is 3.39. The number of fused-ring (bicyclic) bond motifs is 1. The molecule has 2 aromatic carbocycles. The van der Waals surface area contributed by atoms with Gasteiger partial charge >= 0.3 is 11.8 Å². The number of benzene rings is 2. The van der Waals surface area contributed by atoms with Gasteiger partial charge in [0, 0.05) is 33.9 Å². The van der Waals surface area contributed by atoms with Crippen molar-refractivity contribution in [3.05, 3.63) is 58.6 Å². The average molecular weight is 430 g/mol. The number of nitrogens with zero attached hydrogens (tertiary/aromatic N) is 4. The Morgan fingerprint density at radius 2 is 1.74 bits per heavy atom. The van der Waals surface area contributed by atoms with Gasteiger partial charge in [-0.15, -0.1) is 0 Å². The second kappa shape index (κ2) is 7.11. The predicted octanol–water partition coefficient (Wildman–Crippen LogP) is 2.60. The second-order valence-electron chi connectivity index (χ2n) is 6.34. The summed E-state index contributed by atoms with van der Waals surface area (Å²) in [6.45, 7) is 1.35. The molecule has 1 saturated heterocycles. The van der Waals surface area contributed by atoms with Crippen LogP contribution in [0.25, 0.3) is 0 Å². The van der Waals surface area contributed by atoms with Crippen molar-refractivity contribution in [1.29, 1.82) is 0 Å². The molecule has 2 aromatic rings. The Bertz CT molecular complexity index is 912. The highest BCUT2D eigenvalue weighted by Crippen LogP contribution is 2.28. The maximum absolute atomic E-state index is 12.6. The molecular weight excluding hydrogens is 412 g/mol. The largest absolute Gasteiger partial charge is 0.502 e. The Kier molecular flexibility index (Phi) is 4.65. The Morgan fingerprint density at radius 1 is 1.07 bits per heavy atom. The van der Waals surface area contributed by atoms with E-state index in [0.717, 1.165) is 21.5 Å². The average Bonchev–Trinajstić information content (AvgIpc) is 3.11. The molecule has 7 nitrogen and oxygen atoms in total. The van der Waals surface area contributed by atoms with Crippen LogP contribution in [0.1, 0.15) is 5.56 Å². The molecule has 2 aliphatic heterocycles. The first-order chi connectivity index (χ1) is 13.1. The molecule has 1 fully saturated rings. The summed E-state index contributed by atoms with van der Waals surface area (Å²) in [5, 5.41) is 4.57. The Labute approximate surface area is 165 Å². The van der Waals surface area contributed by atoms with Crippen molar-refractivity contribution in [1.82, 2.24) is 4.90 Å². The third-order valence-electron chi connectivity index (χ3n) is 4.71. The Balaban J connectivity index is 1.63. The number of azo groups is 2. The number of halogens is 1. The van der Waals surface area contributed by atoms with Gasteiger partial charge in [0.2, 0.25) is 6.54 Å². The highest BCUT2D eigenvalue weighted by atomic mass is 79.9. The van der Waals surface area contributed by atoms with Gasteiger partial charge in [-0.05, 0) is 41.1 Å². The topological polar surface area (TPSA) is 65.2 Å². The van der Waals surface area contributed by atoms with Crippen molar-refractivity contribution in [3.63, 3.8) is 0 Å². The van der Waals surface area contributed by atoms with Gasteiger partial charge in [0.15, 0.2) is 0 Å². The number of methoxy groups -OCH3 is 1. The van der Waals surface area contributed by atoms with Gasteiger partial charge in [0.25, 0.3) is 6.29 Å². The van der Waals surface area contributed by atoms with Crippen molar-refractivity contribution in [2.45, 2.75) is 12.8 Å². The first-order valence-corrected chi connectivity index (χ1v) is 9.34. The molecule has 2 amide bonds. The van der Waals surface area contributed by atoms with Crippen LogP contribution in [0.4, 0.5) is 5.69 Å². The number of hydrogen-bond donors (Lipinski definition) is 0. The van der Waals surface area contributed by atoms with Gasteiger partial charge < -0.3 is 9.64 Å². The van der Waals surface area contributed by atoms with Crippen LogP contribution >= 0.6 is 15.9 Å². The van der Waals surface area contributed by atoms with E-state index in [1.165, 1.54) is 9.60 Å². The molecule has 0 N–H and O–H groups in total. The molecule has 4 rings (SSSR count). The molecule has 8 heteroatoms. The molecule has 0 aliphatic carbocycles. The summed E-state index contributed by atoms with van der Waals surface area (Å²) in [5.41, 5.74) is 1.84. The van der Waals surface area contributed by atoms with E-state index in [9.17, 15) is 9.59 Å². The highest BCUT2D eigenvalue weighted by molar-refractivity contribution is 9.10. The molecule has 138 valence electrons. The normalized spacial score (nSPS) is 19.2. The van der Waals surface area contributed by atoms with Gasteiger partial charge in [-0.1, -0.05) is 28.1 Å². The van der Waals surface area contributed by atoms with Crippen molar-refractivity contribution >= 4 is 33.4 Å². The summed E-state index contributed by atoms with van der Waals surface area (Å²) < 4.78 is 7.43. The van der Waals surface area contributed by atoms with E-state index in [1.54, 1.807) is 7.11 Å². The van der Waals surface area contributed by atoms with E-state index >= 15 is 0 Å². The first-order valence-electron chi connectivity index (χ1n) is 8.55. The third-order valence-corrected chi connectivity index (χ3v) is 5.24. The lowest BCUT2D eigenvalue weighted by Gasteiger charge is -2.27. The van der Waals surface area contributed by atoms with E-state index in [2.05, 4.69) is 21.0 Å². The second-order valence-corrected chi connectivity index (χ2v) is 7.26. The minimum atomic E-state index is -0.592. The SMILES string of the molecule is COc1ccc(N2CCN3C(=O)C(=O)[N+](Cc4ccc(Br)cc4)=NC32)cc1. The number of ether oxygens (including phenoxy) is 1. The minimum absolute atomic E-state index is 0.263. The van der Waals surface area contributed by atoms with Gasteiger partial charge in [-0.2, -0.15) is 0 Å². The maximum Gasteiger partial charge on any atom is 0.502 e. The number of rotatable bonds is 4. The van der Waals surface area contributed by atoms with Crippen molar-refractivity contribution in [2.75, 3.05) is 25.1 Å². The Hall–Kier alpha value is -2.74. The van der Waals surface area contributed by atoms with Crippen LogP contribution in [0.5, 0.6) is 5.75 Å². The molecule has 2 heterocycles. The molecule has 0 spiro atoms. The zero-order valence-corrected chi connectivity index (χ0v) is 16.3. The lowest BCUT2D eigenvalue weighted by atomic mass is 10.2. The summed E-state index contributed by atoms with van der Waals surface area (Å²) in [6.07, 6.45) is -0.515. The number of amides is 2. The maximum atomic E-state index is 12.6. The van der Waals surface area contributed by atoms with Gasteiger partial charge in [0.1, 0.15) is 5.75 Å². The van der Waals surface area contributed by atoms with Crippen LogP contribution in [-0.2, 0) is 16.1 Å². The molecule has 1 atom stereocenters. The van der Waals surface area contributed by atoms with Crippen LogP contribution in [0.3, 0.4) is 0 Å². The van der Waals surface area contributed by atoms with E-state index in [4.69, 9.17) is 4.74 Å². The highest BCUT2D eigenvalue weighted by Gasteiger charge is 2.49. The zero-order chi connectivity index (χ0) is 19.0. The quantitative estimate of drug-likeness (QED) is 0.553. The van der Waals surface area contributed by atoms with Crippen LogP contribution < -0.4 is 9.64 Å². The standard InChI is InChI=1S/C19H18BrN4O3/c1-27-16-8-6-15(7-9-16)22-10-11-23-17(25)18(26)24(21-19(22)23)12-13-2-4-14(20)5-3-13/h2-9,19H,10-12H2,1H3/q+1. The van der Waals surface area contributed by atoms with Gasteiger partial charge in [0.05, 0.1) is 7.11 Å². The lowest BCUT2D eigenvalue weighted by molar-refractivity contribution is -0.534. The molecule has 1 unspecified atom stereocenters. The van der Waals surface area contributed by atoms with Crippen LogP contribution in [0.2, 0.25) is 0 Å². The van der Waals surface area contributed by atoms with Crippen molar-refractivity contribution in [3.8, 4) is 5.75 Å². The molecule has 0 saturated carbocycles. The number of carbonyl (C=O) groups is 2. The zero-order valence-electron chi connectivity index (χ0n) is 14.7. The summed E-state index contributed by atoms with van der Waals surface area (Å²) in [4.78, 5) is 28.6. The van der Waals surface area contributed by atoms with E-state index < -0.39 is 18.1 Å². The summed E-state index contributed by atoms with van der Waals surface area (Å²) in [7, 11) is 1.62. The van der Waals surface area contributed by atoms with Gasteiger partial charge in [-0.25, -0.2) is 4.79 Å². The number of hydrogen-bond acceptors (Lipinski definition) is 5. The van der Waals surface area contributed by atoms with Crippen molar-refractivity contribution < 1.29 is 19.0 Å². The molecular formula is C19H18BrN4O3+. The molecule has 2 aliphatic rings. The third kappa shape index (κ3) is 3.32. The molecule has 0 bridgehead atoms. The fraction of sp³-hybridized carbons (Fsp3) is 0.263. The summed E-state index contributed by atoms with van der Waals surface area (Å²) in [5.74, 6) is -0.340. The van der Waals surface area contributed by atoms with Crippen LogP contribution in [0.15, 0.2) is 58.1 Å². The molecule has 0 aromatic heterocycles.